The molecule has 0 unspecified atom stereocenters. The van der Waals surface area contributed by atoms with Crippen LogP contribution in [-0.4, -0.2) is 9.97 Å². The van der Waals surface area contributed by atoms with E-state index in [1.165, 1.54) is 0 Å². The normalized spacial score (nSPS) is 8.44. The van der Waals surface area contributed by atoms with Gasteiger partial charge in [-0.05, 0) is 0 Å². The molecular weight excluding hydrogens is 121 g/mol. The maximum atomic E-state index is 12.2. The summed E-state index contributed by atoms with van der Waals surface area (Å²) in [6.45, 7) is 0. The van der Waals surface area contributed by atoms with Gasteiger partial charge in [-0.25, -0.2) is 9.97 Å². The summed E-state index contributed by atoms with van der Waals surface area (Å²) in [5.41, 5.74) is -0.127. The maximum Gasteiger partial charge on any atom is 0.233 e. The van der Waals surface area contributed by atoms with Crippen LogP contribution in [0.15, 0.2) is 12.5 Å². The molecule has 0 amide bonds. The minimum absolute atomic E-state index is 0.127. The highest BCUT2D eigenvalue weighted by atomic mass is 19.1. The number of hydrogen-bond donors (Lipinski definition) is 0. The predicted octanol–water partition coefficient (Wildman–Crippen LogP) is 0.487. The van der Waals surface area contributed by atoms with Crippen LogP contribution in [-0.2, 0) is 0 Å². The molecule has 0 spiro atoms. The molecule has 0 bridgehead atoms. The van der Waals surface area contributed by atoms with E-state index in [1.54, 1.807) is 6.07 Å². The van der Waals surface area contributed by atoms with Crippen LogP contribution in [0.3, 0.4) is 0 Å². The predicted molar refractivity (Wildman–Crippen MR) is 26.7 cm³/mol. The highest BCUT2D eigenvalue weighted by Gasteiger charge is 1.97. The van der Waals surface area contributed by atoms with Crippen LogP contribution in [0.4, 0.5) is 4.39 Å². The van der Waals surface area contributed by atoms with Crippen molar-refractivity contribution in [2.45, 2.75) is 0 Å². The molecule has 0 saturated carbocycles. The zero-order valence-corrected chi connectivity index (χ0v) is 4.37. The lowest BCUT2D eigenvalue weighted by Gasteiger charge is -1.85. The Hall–Kier alpha value is -1.50. The molecule has 0 N–H and O–H groups in total. The third-order valence-corrected chi connectivity index (χ3v) is 0.784. The Morgan fingerprint density at radius 1 is 1.67 bits per heavy atom. The van der Waals surface area contributed by atoms with Crippen molar-refractivity contribution >= 4 is 0 Å². The van der Waals surface area contributed by atoms with Crippen LogP contribution in [0.5, 0.6) is 0 Å². The van der Waals surface area contributed by atoms with E-state index in [0.717, 1.165) is 12.5 Å². The molecule has 0 saturated heterocycles. The molecule has 1 aromatic heterocycles. The third-order valence-electron chi connectivity index (χ3n) is 0.784. The Labute approximate surface area is 50.8 Å². The molecule has 1 heterocycles. The Kier molecular flexibility index (Phi) is 1.36. The molecule has 0 aliphatic heterocycles. The minimum atomic E-state index is -0.771. The van der Waals surface area contributed by atoms with Crippen LogP contribution in [0.25, 0.3) is 0 Å². The number of rotatable bonds is 0. The standard InChI is InChI=1S/C5H2FN3/c6-5-4(1-7)2-8-3-9-5/h2-3H. The van der Waals surface area contributed by atoms with Gasteiger partial charge in [0.05, 0.1) is 6.20 Å². The molecule has 1 rings (SSSR count). The summed E-state index contributed by atoms with van der Waals surface area (Å²) in [6, 6.07) is 1.60. The topological polar surface area (TPSA) is 49.6 Å². The van der Waals surface area contributed by atoms with Crippen molar-refractivity contribution < 1.29 is 4.39 Å². The molecule has 0 aromatic carbocycles. The number of hydrogen-bond acceptors (Lipinski definition) is 3. The van der Waals surface area contributed by atoms with E-state index >= 15 is 0 Å². The molecule has 44 valence electrons. The van der Waals surface area contributed by atoms with Gasteiger partial charge in [-0.15, -0.1) is 0 Å². The first-order chi connectivity index (χ1) is 4.34. The van der Waals surface area contributed by atoms with Crippen molar-refractivity contribution in [2.75, 3.05) is 0 Å². The lowest BCUT2D eigenvalue weighted by atomic mass is 10.4. The summed E-state index contributed by atoms with van der Waals surface area (Å²) >= 11 is 0. The van der Waals surface area contributed by atoms with Crippen LogP contribution < -0.4 is 0 Å². The molecule has 4 heteroatoms. The van der Waals surface area contributed by atoms with Crippen molar-refractivity contribution in [1.82, 2.24) is 9.97 Å². The van der Waals surface area contributed by atoms with Gasteiger partial charge in [0, 0.05) is 0 Å². The molecule has 3 nitrogen and oxygen atoms in total. The van der Waals surface area contributed by atoms with Crippen molar-refractivity contribution in [3.63, 3.8) is 0 Å². The van der Waals surface area contributed by atoms with E-state index in [2.05, 4.69) is 9.97 Å². The van der Waals surface area contributed by atoms with Crippen molar-refractivity contribution in [1.29, 1.82) is 5.26 Å². The zero-order valence-electron chi connectivity index (χ0n) is 4.37. The number of halogens is 1. The fourth-order valence-corrected chi connectivity index (χ4v) is 0.390. The summed E-state index contributed by atoms with van der Waals surface area (Å²) in [4.78, 5) is 6.59. The Balaban J connectivity index is 3.20. The SMILES string of the molecule is N#Cc1cncnc1F. The maximum absolute atomic E-state index is 12.2. The average Bonchev–Trinajstić information content (AvgIpc) is 1.89. The number of nitriles is 1. The second kappa shape index (κ2) is 2.18. The zero-order chi connectivity index (χ0) is 6.69. The third kappa shape index (κ3) is 0.995. The summed E-state index contributed by atoms with van der Waals surface area (Å²) in [6.07, 6.45) is 2.18. The summed E-state index contributed by atoms with van der Waals surface area (Å²) in [7, 11) is 0. The largest absolute Gasteiger partial charge is 0.243 e. The molecular formula is C5H2FN3. The molecule has 0 fully saturated rings. The van der Waals surface area contributed by atoms with E-state index in [0.29, 0.717) is 0 Å². The van der Waals surface area contributed by atoms with Crippen LogP contribution in [0.2, 0.25) is 0 Å². The highest BCUT2D eigenvalue weighted by molar-refractivity contribution is 5.22. The van der Waals surface area contributed by atoms with Crippen molar-refractivity contribution in [2.24, 2.45) is 0 Å². The first-order valence-corrected chi connectivity index (χ1v) is 2.20. The van der Waals surface area contributed by atoms with Gasteiger partial charge in [0.15, 0.2) is 0 Å². The van der Waals surface area contributed by atoms with Gasteiger partial charge in [-0.1, -0.05) is 0 Å². The molecule has 0 aliphatic rings. The van der Waals surface area contributed by atoms with E-state index in [1.807, 2.05) is 0 Å². The molecule has 0 radical (unpaired) electrons. The fourth-order valence-electron chi connectivity index (χ4n) is 0.390. The summed E-state index contributed by atoms with van der Waals surface area (Å²) < 4.78 is 12.2. The first kappa shape index (κ1) is 5.63. The number of aromatic nitrogens is 2. The van der Waals surface area contributed by atoms with E-state index in [-0.39, 0.29) is 5.56 Å². The van der Waals surface area contributed by atoms with Crippen molar-refractivity contribution in [3.05, 3.63) is 24.0 Å². The number of nitrogens with zero attached hydrogens (tertiary/aromatic N) is 3. The second-order valence-corrected chi connectivity index (χ2v) is 1.34. The van der Waals surface area contributed by atoms with Crippen LogP contribution in [0.1, 0.15) is 5.56 Å². The van der Waals surface area contributed by atoms with Gasteiger partial charge in [0.2, 0.25) is 5.95 Å². The lowest BCUT2D eigenvalue weighted by molar-refractivity contribution is 0.575. The van der Waals surface area contributed by atoms with E-state index < -0.39 is 5.95 Å². The lowest BCUT2D eigenvalue weighted by Crippen LogP contribution is -1.88. The van der Waals surface area contributed by atoms with Gasteiger partial charge in [0.25, 0.3) is 0 Å². The van der Waals surface area contributed by atoms with Gasteiger partial charge in [-0.2, -0.15) is 9.65 Å². The smallest absolute Gasteiger partial charge is 0.233 e. The van der Waals surface area contributed by atoms with Gasteiger partial charge < -0.3 is 0 Å². The minimum Gasteiger partial charge on any atom is -0.243 e. The summed E-state index contributed by atoms with van der Waals surface area (Å²) in [5, 5.41) is 8.15. The van der Waals surface area contributed by atoms with Crippen molar-refractivity contribution in [3.8, 4) is 6.07 Å². The van der Waals surface area contributed by atoms with Gasteiger partial charge >= 0.3 is 0 Å². The molecule has 0 atom stereocenters. The van der Waals surface area contributed by atoms with Gasteiger partial charge in [0.1, 0.15) is 18.0 Å². The molecule has 9 heavy (non-hydrogen) atoms. The van der Waals surface area contributed by atoms with Gasteiger partial charge in [-0.3, -0.25) is 0 Å². The fraction of sp³-hybridized carbons (Fsp3) is 0. The Morgan fingerprint density at radius 2 is 2.44 bits per heavy atom. The average molecular weight is 123 g/mol. The second-order valence-electron chi connectivity index (χ2n) is 1.34. The van der Waals surface area contributed by atoms with Crippen LogP contribution >= 0.6 is 0 Å². The first-order valence-electron chi connectivity index (χ1n) is 2.20. The summed E-state index contributed by atoms with van der Waals surface area (Å²) in [5.74, 6) is -0.771. The Morgan fingerprint density at radius 3 is 2.89 bits per heavy atom. The monoisotopic (exact) mass is 123 g/mol. The van der Waals surface area contributed by atoms with Crippen LogP contribution in [0, 0.1) is 17.3 Å². The quantitative estimate of drug-likeness (QED) is 0.471. The Bertz CT molecular complexity index is 253. The van der Waals surface area contributed by atoms with E-state index in [9.17, 15) is 4.39 Å². The highest BCUT2D eigenvalue weighted by Crippen LogP contribution is 1.96. The molecule has 1 aromatic rings. The molecule has 0 aliphatic carbocycles. The van der Waals surface area contributed by atoms with E-state index in [4.69, 9.17) is 5.26 Å².